The highest BCUT2D eigenvalue weighted by molar-refractivity contribution is 5.92. The van der Waals surface area contributed by atoms with Gasteiger partial charge in [0, 0.05) is 38.4 Å². The summed E-state index contributed by atoms with van der Waals surface area (Å²) in [6, 6.07) is 6.41. The molecule has 7 heteroatoms. The van der Waals surface area contributed by atoms with Crippen LogP contribution in [0, 0.1) is 5.82 Å². The Morgan fingerprint density at radius 1 is 1.16 bits per heavy atom. The van der Waals surface area contributed by atoms with Crippen molar-refractivity contribution in [3.05, 3.63) is 60.8 Å². The van der Waals surface area contributed by atoms with Gasteiger partial charge in [0.2, 0.25) is 0 Å². The highest BCUT2D eigenvalue weighted by Gasteiger charge is 2.23. The minimum atomic E-state index is -0.248. The molecule has 25 heavy (non-hydrogen) atoms. The molecule has 0 radical (unpaired) electrons. The van der Waals surface area contributed by atoms with Crippen LogP contribution in [-0.4, -0.2) is 53.5 Å². The number of carbonyl (C=O) groups is 1. The average molecular weight is 341 g/mol. The molecular weight excluding hydrogens is 321 g/mol. The number of nitrogens with one attached hydrogen (secondary N) is 1. The molecular formula is C18H20FN5O. The van der Waals surface area contributed by atoms with E-state index in [1.54, 1.807) is 29.3 Å². The van der Waals surface area contributed by atoms with Crippen LogP contribution in [0.1, 0.15) is 10.5 Å². The lowest BCUT2D eigenvalue weighted by atomic mass is 10.2. The van der Waals surface area contributed by atoms with Crippen molar-refractivity contribution in [2.24, 2.45) is 0 Å². The Morgan fingerprint density at radius 2 is 1.88 bits per heavy atom. The first kappa shape index (κ1) is 16.9. The van der Waals surface area contributed by atoms with E-state index in [0.29, 0.717) is 44.2 Å². The van der Waals surface area contributed by atoms with Gasteiger partial charge < -0.3 is 15.1 Å². The van der Waals surface area contributed by atoms with Crippen molar-refractivity contribution >= 4 is 17.4 Å². The van der Waals surface area contributed by atoms with Gasteiger partial charge in [-0.2, -0.15) is 0 Å². The third-order valence-electron chi connectivity index (χ3n) is 4.06. The fourth-order valence-electron chi connectivity index (χ4n) is 2.69. The molecule has 130 valence electrons. The second-order valence-electron chi connectivity index (χ2n) is 5.71. The summed E-state index contributed by atoms with van der Waals surface area (Å²) >= 11 is 0. The largest absolute Gasteiger partial charge is 0.368 e. The van der Waals surface area contributed by atoms with Crippen molar-refractivity contribution in [3.63, 3.8) is 0 Å². The molecule has 0 unspecified atom stereocenters. The van der Waals surface area contributed by atoms with Gasteiger partial charge in [-0.15, -0.1) is 6.58 Å². The third kappa shape index (κ3) is 4.12. The van der Waals surface area contributed by atoms with E-state index in [1.165, 1.54) is 18.3 Å². The summed E-state index contributed by atoms with van der Waals surface area (Å²) in [6.07, 6.45) is 4.76. The second-order valence-corrected chi connectivity index (χ2v) is 5.71. The molecule has 1 saturated heterocycles. The Labute approximate surface area is 146 Å². The number of hydrogen-bond acceptors (Lipinski definition) is 5. The fraction of sp³-hybridized carbons (Fsp3) is 0.278. The molecule has 0 bridgehead atoms. The molecule has 1 aromatic heterocycles. The number of halogens is 1. The Morgan fingerprint density at radius 3 is 2.48 bits per heavy atom. The van der Waals surface area contributed by atoms with E-state index in [0.717, 1.165) is 5.69 Å². The molecule has 1 fully saturated rings. The van der Waals surface area contributed by atoms with E-state index in [-0.39, 0.29) is 11.7 Å². The number of benzene rings is 1. The molecule has 0 atom stereocenters. The van der Waals surface area contributed by atoms with Crippen LogP contribution in [-0.2, 0) is 0 Å². The zero-order valence-electron chi connectivity index (χ0n) is 13.9. The van der Waals surface area contributed by atoms with Crippen LogP contribution in [0.2, 0.25) is 0 Å². The summed E-state index contributed by atoms with van der Waals surface area (Å²) in [5, 5.41) is 3.02. The van der Waals surface area contributed by atoms with E-state index in [1.807, 2.05) is 0 Å². The molecule has 6 nitrogen and oxygen atoms in total. The lowest BCUT2D eigenvalue weighted by molar-refractivity contribution is 0.0740. The topological polar surface area (TPSA) is 61.4 Å². The number of piperazine rings is 1. The van der Waals surface area contributed by atoms with Crippen molar-refractivity contribution < 1.29 is 9.18 Å². The number of nitrogens with zero attached hydrogens (tertiary/aromatic N) is 4. The van der Waals surface area contributed by atoms with Crippen LogP contribution in [0.5, 0.6) is 0 Å². The Kier molecular flexibility index (Phi) is 5.23. The molecule has 2 aromatic rings. The first-order valence-corrected chi connectivity index (χ1v) is 8.14. The fourth-order valence-corrected chi connectivity index (χ4v) is 2.69. The van der Waals surface area contributed by atoms with Crippen molar-refractivity contribution in [1.29, 1.82) is 0 Å². The minimum Gasteiger partial charge on any atom is -0.368 e. The van der Waals surface area contributed by atoms with Gasteiger partial charge in [-0.25, -0.2) is 14.4 Å². The predicted octanol–water partition coefficient (Wildman–Crippen LogP) is 2.18. The maximum atomic E-state index is 13.0. The first-order valence-electron chi connectivity index (χ1n) is 8.14. The van der Waals surface area contributed by atoms with Gasteiger partial charge in [-0.3, -0.25) is 4.79 Å². The number of hydrogen-bond donors (Lipinski definition) is 1. The zero-order valence-corrected chi connectivity index (χ0v) is 13.9. The lowest BCUT2D eigenvalue weighted by Crippen LogP contribution is -2.49. The monoisotopic (exact) mass is 341 g/mol. The number of aromatic nitrogens is 2. The highest BCUT2D eigenvalue weighted by Crippen LogP contribution is 2.17. The molecule has 3 rings (SSSR count). The van der Waals surface area contributed by atoms with Crippen molar-refractivity contribution in [2.45, 2.75) is 0 Å². The predicted molar refractivity (Wildman–Crippen MR) is 95.2 cm³/mol. The number of anilines is 2. The minimum absolute atomic E-state index is 0.124. The Bertz CT molecular complexity index is 724. The molecule has 0 saturated carbocycles. The van der Waals surface area contributed by atoms with Gasteiger partial charge in [0.05, 0.1) is 12.4 Å². The molecule has 0 aliphatic carbocycles. The van der Waals surface area contributed by atoms with Gasteiger partial charge in [0.1, 0.15) is 17.3 Å². The van der Waals surface area contributed by atoms with Crippen LogP contribution < -0.4 is 10.2 Å². The van der Waals surface area contributed by atoms with E-state index < -0.39 is 0 Å². The summed E-state index contributed by atoms with van der Waals surface area (Å²) in [5.41, 5.74) is 1.30. The van der Waals surface area contributed by atoms with Crippen molar-refractivity contribution in [1.82, 2.24) is 14.9 Å². The highest BCUT2D eigenvalue weighted by atomic mass is 19.1. The van der Waals surface area contributed by atoms with Gasteiger partial charge in [0.15, 0.2) is 0 Å². The maximum Gasteiger partial charge on any atom is 0.274 e. The lowest BCUT2D eigenvalue weighted by Gasteiger charge is -2.35. The van der Waals surface area contributed by atoms with Crippen LogP contribution in [0.3, 0.4) is 0 Å². The number of rotatable bonds is 5. The zero-order chi connectivity index (χ0) is 17.6. The quantitative estimate of drug-likeness (QED) is 0.845. The van der Waals surface area contributed by atoms with Gasteiger partial charge in [0.25, 0.3) is 5.91 Å². The van der Waals surface area contributed by atoms with Gasteiger partial charge in [-0.05, 0) is 24.3 Å². The Hall–Kier alpha value is -2.96. The summed E-state index contributed by atoms with van der Waals surface area (Å²) in [5.74, 6) is 0.237. The van der Waals surface area contributed by atoms with Crippen molar-refractivity contribution in [3.8, 4) is 0 Å². The van der Waals surface area contributed by atoms with Crippen LogP contribution >= 0.6 is 0 Å². The third-order valence-corrected chi connectivity index (χ3v) is 4.06. The summed E-state index contributed by atoms with van der Waals surface area (Å²) in [6.45, 7) is 6.79. The summed E-state index contributed by atoms with van der Waals surface area (Å²) < 4.78 is 13.0. The first-order chi connectivity index (χ1) is 12.2. The van der Waals surface area contributed by atoms with Gasteiger partial charge in [-0.1, -0.05) is 6.08 Å². The molecule has 1 aromatic carbocycles. The average Bonchev–Trinajstić information content (AvgIpc) is 2.67. The smallest absolute Gasteiger partial charge is 0.274 e. The van der Waals surface area contributed by atoms with Crippen LogP contribution in [0.25, 0.3) is 0 Å². The van der Waals surface area contributed by atoms with E-state index >= 15 is 0 Å². The standard InChI is InChI=1S/C18H20FN5O/c1-2-7-20-17-13-21-16(12-22-17)18(25)24-10-8-23(9-11-24)15-5-3-14(19)4-6-15/h2-6,12-13H,1,7-11H2,(H,20,22). The number of carbonyl (C=O) groups excluding carboxylic acids is 1. The second kappa shape index (κ2) is 7.74. The van der Waals surface area contributed by atoms with Crippen LogP contribution in [0.15, 0.2) is 49.3 Å². The Balaban J connectivity index is 1.57. The maximum absolute atomic E-state index is 13.0. The van der Waals surface area contributed by atoms with E-state index in [4.69, 9.17) is 0 Å². The molecule has 1 N–H and O–H groups in total. The van der Waals surface area contributed by atoms with E-state index in [2.05, 4.69) is 26.8 Å². The van der Waals surface area contributed by atoms with Crippen LogP contribution in [0.4, 0.5) is 15.9 Å². The van der Waals surface area contributed by atoms with Gasteiger partial charge >= 0.3 is 0 Å². The summed E-state index contributed by atoms with van der Waals surface area (Å²) in [4.78, 5) is 24.8. The molecule has 1 amide bonds. The molecule has 2 heterocycles. The summed E-state index contributed by atoms with van der Waals surface area (Å²) in [7, 11) is 0. The normalized spacial score (nSPS) is 14.3. The SMILES string of the molecule is C=CCNc1cnc(C(=O)N2CCN(c3ccc(F)cc3)CC2)cn1. The molecule has 1 aliphatic rings. The molecule has 0 spiro atoms. The van der Waals surface area contributed by atoms with Crippen molar-refractivity contribution in [2.75, 3.05) is 42.9 Å². The molecule has 1 aliphatic heterocycles. The van der Waals surface area contributed by atoms with E-state index in [9.17, 15) is 9.18 Å². The number of amides is 1.